The monoisotopic (exact) mass is 399 g/mol. The summed E-state index contributed by atoms with van der Waals surface area (Å²) in [7, 11) is 1.37. The molecule has 0 aliphatic carbocycles. The van der Waals surface area contributed by atoms with E-state index in [2.05, 4.69) is 5.32 Å². The van der Waals surface area contributed by atoms with Gasteiger partial charge < -0.3 is 4.74 Å². The third-order valence-corrected chi connectivity index (χ3v) is 4.69. The van der Waals surface area contributed by atoms with Gasteiger partial charge in [0.05, 0.1) is 7.11 Å². The van der Waals surface area contributed by atoms with Crippen LogP contribution >= 0.6 is 11.6 Å². The van der Waals surface area contributed by atoms with Gasteiger partial charge in [-0.25, -0.2) is 0 Å². The largest absolute Gasteiger partial charge is 0.468 e. The van der Waals surface area contributed by atoms with Gasteiger partial charge in [-0.3, -0.25) is 14.9 Å². The van der Waals surface area contributed by atoms with Gasteiger partial charge in [0.15, 0.2) is 5.78 Å². The van der Waals surface area contributed by atoms with E-state index in [1.165, 1.54) is 7.11 Å². The van der Waals surface area contributed by atoms with E-state index in [0.29, 0.717) is 5.02 Å². The fraction of sp³-hybridized carbons (Fsp3) is 0.304. The Hall–Kier alpha value is -2.43. The first kappa shape index (κ1) is 21.9. The first-order valence-electron chi connectivity index (χ1n) is 9.26. The molecule has 148 valence electrons. The van der Waals surface area contributed by atoms with Crippen molar-refractivity contribution in [3.63, 3.8) is 0 Å². The van der Waals surface area contributed by atoms with E-state index in [1.54, 1.807) is 24.3 Å². The molecule has 0 bridgehead atoms. The maximum absolute atomic E-state index is 12.6. The molecule has 0 saturated heterocycles. The van der Waals surface area contributed by atoms with Crippen LogP contribution in [-0.4, -0.2) is 24.9 Å². The number of rotatable bonds is 9. The van der Waals surface area contributed by atoms with Crippen molar-refractivity contribution in [2.24, 2.45) is 5.92 Å². The lowest BCUT2D eigenvalue weighted by atomic mass is 9.96. The highest BCUT2D eigenvalue weighted by Crippen LogP contribution is 2.22. The minimum Gasteiger partial charge on any atom is -0.468 e. The predicted octanol–water partition coefficient (Wildman–Crippen LogP) is 4.84. The number of carbonyl (C=O) groups is 2. The molecule has 2 rings (SSSR count). The van der Waals surface area contributed by atoms with Gasteiger partial charge in [0, 0.05) is 17.5 Å². The number of ether oxygens (including phenoxy) is 1. The van der Waals surface area contributed by atoms with Crippen LogP contribution in [0.15, 0.2) is 60.7 Å². The highest BCUT2D eigenvalue weighted by molar-refractivity contribution is 6.30. The molecule has 0 spiro atoms. The van der Waals surface area contributed by atoms with Gasteiger partial charge in [-0.2, -0.15) is 0 Å². The molecule has 4 nitrogen and oxygen atoms in total. The van der Waals surface area contributed by atoms with Gasteiger partial charge in [0.2, 0.25) is 0 Å². The van der Waals surface area contributed by atoms with Crippen LogP contribution in [0.1, 0.15) is 37.4 Å². The molecular formula is C23H26ClNO3. The van der Waals surface area contributed by atoms with E-state index in [4.69, 9.17) is 16.3 Å². The van der Waals surface area contributed by atoms with Crippen LogP contribution in [0.3, 0.4) is 0 Å². The molecule has 0 saturated carbocycles. The second kappa shape index (κ2) is 10.8. The zero-order chi connectivity index (χ0) is 20.5. The number of benzene rings is 2. The maximum Gasteiger partial charge on any atom is 0.323 e. The molecule has 2 aromatic rings. The Morgan fingerprint density at radius 1 is 1.07 bits per heavy atom. The van der Waals surface area contributed by atoms with Crippen LogP contribution in [0, 0.1) is 5.92 Å². The summed E-state index contributed by atoms with van der Waals surface area (Å²) in [6.45, 7) is 3.87. The minimum absolute atomic E-state index is 0.0113. The van der Waals surface area contributed by atoms with Crippen molar-refractivity contribution < 1.29 is 14.3 Å². The van der Waals surface area contributed by atoms with Crippen LogP contribution < -0.4 is 5.32 Å². The fourth-order valence-corrected chi connectivity index (χ4v) is 2.99. The molecule has 0 aliphatic heterocycles. The third-order valence-electron chi connectivity index (χ3n) is 4.44. The summed E-state index contributed by atoms with van der Waals surface area (Å²) in [6.07, 6.45) is 3.58. The lowest BCUT2D eigenvalue weighted by molar-refractivity contribution is -0.144. The Labute approximate surface area is 171 Å². The van der Waals surface area contributed by atoms with E-state index in [1.807, 2.05) is 56.3 Å². The standard InChI is InChI=1S/C23H26ClNO3/c1-16(2)22(23(27)28-3)25-21(18-10-12-19(24)13-11-18)15-20(26)14-9-17-7-5-4-6-8-17/h4-14,16,21-22,25H,15H2,1-3H3/b14-9+/t21?,22-/m0/s1. The van der Waals surface area contributed by atoms with Crippen molar-refractivity contribution in [1.82, 2.24) is 5.32 Å². The summed E-state index contributed by atoms with van der Waals surface area (Å²) < 4.78 is 4.92. The number of halogens is 1. The molecule has 28 heavy (non-hydrogen) atoms. The first-order valence-corrected chi connectivity index (χ1v) is 9.63. The smallest absolute Gasteiger partial charge is 0.323 e. The molecule has 1 unspecified atom stereocenters. The molecule has 2 atom stereocenters. The summed E-state index contributed by atoms with van der Waals surface area (Å²) in [4.78, 5) is 24.8. The van der Waals surface area contributed by atoms with Crippen LogP contribution in [0.4, 0.5) is 0 Å². The first-order chi connectivity index (χ1) is 13.4. The maximum atomic E-state index is 12.6. The lowest BCUT2D eigenvalue weighted by Crippen LogP contribution is -2.44. The van der Waals surface area contributed by atoms with E-state index in [0.717, 1.165) is 11.1 Å². The van der Waals surface area contributed by atoms with Gasteiger partial charge in [-0.05, 0) is 35.3 Å². The quantitative estimate of drug-likeness (QED) is 0.484. The lowest BCUT2D eigenvalue weighted by Gasteiger charge is -2.26. The Bertz CT molecular complexity index is 800. The average molecular weight is 400 g/mol. The topological polar surface area (TPSA) is 55.4 Å². The van der Waals surface area contributed by atoms with E-state index in [-0.39, 0.29) is 30.1 Å². The van der Waals surface area contributed by atoms with Gasteiger partial charge in [0.25, 0.3) is 0 Å². The molecule has 2 aromatic carbocycles. The van der Waals surface area contributed by atoms with Crippen LogP contribution in [-0.2, 0) is 14.3 Å². The van der Waals surface area contributed by atoms with Crippen LogP contribution in [0.25, 0.3) is 6.08 Å². The van der Waals surface area contributed by atoms with Crippen LogP contribution in [0.2, 0.25) is 5.02 Å². The minimum atomic E-state index is -0.517. The Morgan fingerprint density at radius 2 is 1.71 bits per heavy atom. The zero-order valence-electron chi connectivity index (χ0n) is 16.4. The van der Waals surface area contributed by atoms with Crippen molar-refractivity contribution in [2.75, 3.05) is 7.11 Å². The van der Waals surface area contributed by atoms with E-state index < -0.39 is 6.04 Å². The van der Waals surface area contributed by atoms with E-state index in [9.17, 15) is 9.59 Å². The summed E-state index contributed by atoms with van der Waals surface area (Å²) in [5, 5.41) is 3.91. The van der Waals surface area contributed by atoms with Gasteiger partial charge in [-0.1, -0.05) is 74.0 Å². The molecule has 0 amide bonds. The number of carbonyl (C=O) groups excluding carboxylic acids is 2. The van der Waals surface area contributed by atoms with Gasteiger partial charge in [-0.15, -0.1) is 0 Å². The number of hydrogen-bond donors (Lipinski definition) is 1. The molecule has 0 fully saturated rings. The number of nitrogens with one attached hydrogen (secondary N) is 1. The third kappa shape index (κ3) is 6.63. The van der Waals surface area contributed by atoms with Crippen molar-refractivity contribution in [1.29, 1.82) is 0 Å². The summed E-state index contributed by atoms with van der Waals surface area (Å²) >= 11 is 6.00. The molecular weight excluding hydrogens is 374 g/mol. The van der Waals surface area contributed by atoms with Gasteiger partial charge in [0.1, 0.15) is 6.04 Å². The van der Waals surface area contributed by atoms with Crippen molar-refractivity contribution in [3.05, 3.63) is 76.8 Å². The fourth-order valence-electron chi connectivity index (χ4n) is 2.87. The number of methoxy groups -OCH3 is 1. The number of allylic oxidation sites excluding steroid dienone is 1. The number of hydrogen-bond acceptors (Lipinski definition) is 4. The number of esters is 1. The van der Waals surface area contributed by atoms with Gasteiger partial charge >= 0.3 is 5.97 Å². The van der Waals surface area contributed by atoms with Crippen molar-refractivity contribution in [3.8, 4) is 0 Å². The van der Waals surface area contributed by atoms with E-state index >= 15 is 0 Å². The SMILES string of the molecule is COC(=O)[C@@H](NC(CC(=O)/C=C/c1ccccc1)c1ccc(Cl)cc1)C(C)C. The Morgan fingerprint density at radius 3 is 2.29 bits per heavy atom. The van der Waals surface area contributed by atoms with Crippen LogP contribution in [0.5, 0.6) is 0 Å². The zero-order valence-corrected chi connectivity index (χ0v) is 17.1. The molecule has 0 radical (unpaired) electrons. The molecule has 1 N–H and O–H groups in total. The Balaban J connectivity index is 2.20. The average Bonchev–Trinajstić information content (AvgIpc) is 2.70. The highest BCUT2D eigenvalue weighted by atomic mass is 35.5. The summed E-state index contributed by atoms with van der Waals surface area (Å²) in [6, 6.07) is 16.1. The summed E-state index contributed by atoms with van der Waals surface area (Å²) in [5.74, 6) is -0.373. The highest BCUT2D eigenvalue weighted by Gasteiger charge is 2.27. The molecule has 0 aromatic heterocycles. The second-order valence-electron chi connectivity index (χ2n) is 6.93. The Kier molecular flexibility index (Phi) is 8.42. The molecule has 5 heteroatoms. The van der Waals surface area contributed by atoms with Crippen molar-refractivity contribution in [2.45, 2.75) is 32.4 Å². The molecule has 0 aliphatic rings. The second-order valence-corrected chi connectivity index (χ2v) is 7.37. The molecule has 0 heterocycles. The predicted molar refractivity (Wildman–Crippen MR) is 113 cm³/mol. The number of ketones is 1. The summed E-state index contributed by atoms with van der Waals surface area (Å²) in [5.41, 5.74) is 1.85. The normalized spacial score (nSPS) is 13.5. The van der Waals surface area contributed by atoms with Crippen molar-refractivity contribution >= 4 is 29.4 Å².